The minimum atomic E-state index is -1.23. The molecule has 4 N–H and O–H groups in total. The molecule has 0 spiro atoms. The van der Waals surface area contributed by atoms with Crippen LogP contribution in [0.3, 0.4) is 0 Å². The maximum absolute atomic E-state index is 9.60. The molecule has 0 heterocycles. The number of carboxylic acid groups (broad SMARTS) is 3. The van der Waals surface area contributed by atoms with Crippen LogP contribution in [-0.2, 0) is 14.4 Å². The van der Waals surface area contributed by atoms with E-state index < -0.39 is 18.0 Å². The molecule has 0 bridgehead atoms. The van der Waals surface area contributed by atoms with Crippen LogP contribution in [-0.4, -0.2) is 44.9 Å². The number of carboxylic acids is 2. The lowest BCUT2D eigenvalue weighted by Crippen LogP contribution is -2.13. The second kappa shape index (κ2) is 14.9. The first-order valence-corrected chi connectivity index (χ1v) is 4.03. The Morgan fingerprint density at radius 2 is 1.60 bits per heavy atom. The van der Waals surface area contributed by atoms with Crippen LogP contribution in [0.1, 0.15) is 26.7 Å². The molecule has 0 fully saturated rings. The van der Waals surface area contributed by atoms with E-state index in [0.717, 1.165) is 6.42 Å². The summed E-state index contributed by atoms with van der Waals surface area (Å²) in [6.07, 6.45) is -0.208. The third-order valence-electron chi connectivity index (χ3n) is 0.821. The molecule has 7 heteroatoms. The lowest BCUT2D eigenvalue weighted by Gasteiger charge is -1.89. The first-order chi connectivity index (χ1) is 6.83. The quantitative estimate of drug-likeness (QED) is 0.497. The fourth-order valence-electron chi connectivity index (χ4n) is 0.214. The van der Waals surface area contributed by atoms with Gasteiger partial charge in [-0.1, -0.05) is 6.92 Å². The van der Waals surface area contributed by atoms with Crippen molar-refractivity contribution in [3.63, 3.8) is 0 Å². The maximum Gasteiger partial charge on any atom is 0.332 e. The summed E-state index contributed by atoms with van der Waals surface area (Å²) in [4.78, 5) is 27.4. The predicted molar refractivity (Wildman–Crippen MR) is 50.6 cm³/mol. The van der Waals surface area contributed by atoms with Crippen LogP contribution in [0, 0.1) is 0 Å². The lowest BCUT2D eigenvalue weighted by atomic mass is 10.4. The third kappa shape index (κ3) is 46.1. The molecule has 0 amide bonds. The second-order valence-corrected chi connectivity index (χ2v) is 2.26. The Kier molecular flexibility index (Phi) is 18.9. The van der Waals surface area contributed by atoms with Crippen LogP contribution in [0.25, 0.3) is 0 Å². The van der Waals surface area contributed by atoms with Gasteiger partial charge in [0.25, 0.3) is 6.47 Å². The molecule has 0 aliphatic carbocycles. The molecule has 0 aliphatic heterocycles. The Labute approximate surface area is 87.0 Å². The van der Waals surface area contributed by atoms with E-state index >= 15 is 0 Å². The minimum Gasteiger partial charge on any atom is -0.483 e. The van der Waals surface area contributed by atoms with Crippen molar-refractivity contribution in [2.45, 2.75) is 32.8 Å². The van der Waals surface area contributed by atoms with Gasteiger partial charge in [-0.05, 0) is 13.3 Å². The van der Waals surface area contributed by atoms with E-state index in [1.807, 2.05) is 6.92 Å². The van der Waals surface area contributed by atoms with Crippen LogP contribution in [0.2, 0.25) is 0 Å². The zero-order valence-electron chi connectivity index (χ0n) is 8.58. The van der Waals surface area contributed by atoms with E-state index in [2.05, 4.69) is 0 Å². The highest BCUT2D eigenvalue weighted by Crippen LogP contribution is 1.82. The van der Waals surface area contributed by atoms with Crippen molar-refractivity contribution in [2.75, 3.05) is 0 Å². The summed E-state index contributed by atoms with van der Waals surface area (Å²) in [5.41, 5.74) is 0. The summed E-state index contributed by atoms with van der Waals surface area (Å²) in [7, 11) is 0. The molecule has 0 radical (unpaired) electrons. The number of hydrogen-bond donors (Lipinski definition) is 4. The van der Waals surface area contributed by atoms with E-state index in [9.17, 15) is 9.59 Å². The van der Waals surface area contributed by atoms with Gasteiger partial charge < -0.3 is 20.4 Å². The smallest absolute Gasteiger partial charge is 0.332 e. The van der Waals surface area contributed by atoms with Crippen molar-refractivity contribution in [3.05, 3.63) is 0 Å². The van der Waals surface area contributed by atoms with E-state index in [1.54, 1.807) is 0 Å². The summed E-state index contributed by atoms with van der Waals surface area (Å²) < 4.78 is 0. The first kappa shape index (κ1) is 19.0. The monoisotopic (exact) mass is 224 g/mol. The minimum absolute atomic E-state index is 0.250. The maximum atomic E-state index is 9.60. The van der Waals surface area contributed by atoms with E-state index in [-0.39, 0.29) is 6.47 Å². The highest BCUT2D eigenvalue weighted by molar-refractivity contribution is 5.71. The average Bonchev–Trinajstić information content (AvgIpc) is 2.05. The molecule has 90 valence electrons. The Morgan fingerprint density at radius 3 is 1.60 bits per heavy atom. The van der Waals surface area contributed by atoms with E-state index in [4.69, 9.17) is 25.2 Å². The number of aliphatic carboxylic acids is 2. The summed E-state index contributed by atoms with van der Waals surface area (Å²) in [6, 6.07) is 0. The van der Waals surface area contributed by atoms with Crippen molar-refractivity contribution in [1.82, 2.24) is 0 Å². The largest absolute Gasteiger partial charge is 0.483 e. The van der Waals surface area contributed by atoms with Crippen LogP contribution >= 0.6 is 0 Å². The van der Waals surface area contributed by atoms with Crippen LogP contribution in [0.15, 0.2) is 0 Å². The first-order valence-electron chi connectivity index (χ1n) is 4.03. The molecule has 1 unspecified atom stereocenters. The molecule has 1 atom stereocenters. The molecule has 15 heavy (non-hydrogen) atoms. The fourth-order valence-corrected chi connectivity index (χ4v) is 0.214. The summed E-state index contributed by atoms with van der Waals surface area (Å²) in [6.45, 7) is 2.79. The summed E-state index contributed by atoms with van der Waals surface area (Å²) in [5.74, 6) is -1.90. The molecular weight excluding hydrogens is 208 g/mol. The average molecular weight is 224 g/mol. The van der Waals surface area contributed by atoms with Gasteiger partial charge in [-0.3, -0.25) is 9.59 Å². The summed E-state index contributed by atoms with van der Waals surface area (Å²) in [5, 5.41) is 30.6. The van der Waals surface area contributed by atoms with Gasteiger partial charge in [0.15, 0.2) is 0 Å². The molecule has 0 aromatic rings. The SMILES string of the molecule is CC(O)C(=O)O.CCCC(=O)O.O=CO. The Morgan fingerprint density at radius 1 is 1.33 bits per heavy atom. The van der Waals surface area contributed by atoms with Gasteiger partial charge in [-0.15, -0.1) is 0 Å². The number of aliphatic hydroxyl groups is 1. The molecule has 0 saturated carbocycles. The van der Waals surface area contributed by atoms with Crippen molar-refractivity contribution in [3.8, 4) is 0 Å². The molecule has 0 aliphatic rings. The standard InChI is InChI=1S/C4H8O2.C3H6O3.CH2O2/c1-2-3-4(5)6;1-2(4)3(5)6;2-1-3/h2-3H2,1H3,(H,5,6);2,4H,1H3,(H,5,6);1H,(H,2,3). The zero-order chi connectivity index (χ0) is 12.9. The normalized spacial score (nSPS) is 9.53. The Hall–Kier alpha value is -1.63. The van der Waals surface area contributed by atoms with Gasteiger partial charge in [0.05, 0.1) is 0 Å². The highest BCUT2D eigenvalue weighted by atomic mass is 16.4. The lowest BCUT2D eigenvalue weighted by molar-refractivity contribution is -0.145. The molecule has 0 aromatic heterocycles. The van der Waals surface area contributed by atoms with E-state index in [0.29, 0.717) is 6.42 Å². The fraction of sp³-hybridized carbons (Fsp3) is 0.625. The summed E-state index contributed by atoms with van der Waals surface area (Å²) >= 11 is 0. The third-order valence-corrected chi connectivity index (χ3v) is 0.821. The van der Waals surface area contributed by atoms with E-state index in [1.165, 1.54) is 6.92 Å². The van der Waals surface area contributed by atoms with Gasteiger partial charge in [0.1, 0.15) is 6.10 Å². The van der Waals surface area contributed by atoms with Crippen molar-refractivity contribution in [1.29, 1.82) is 0 Å². The van der Waals surface area contributed by atoms with Crippen molar-refractivity contribution < 1.29 is 34.8 Å². The van der Waals surface area contributed by atoms with Gasteiger partial charge in [-0.25, -0.2) is 4.79 Å². The second-order valence-electron chi connectivity index (χ2n) is 2.26. The van der Waals surface area contributed by atoms with Crippen LogP contribution < -0.4 is 0 Å². The van der Waals surface area contributed by atoms with Gasteiger partial charge in [0, 0.05) is 6.42 Å². The van der Waals surface area contributed by atoms with Gasteiger partial charge in [-0.2, -0.15) is 0 Å². The Bertz CT molecular complexity index is 176. The molecule has 0 rings (SSSR count). The zero-order valence-corrected chi connectivity index (χ0v) is 8.58. The van der Waals surface area contributed by atoms with Crippen LogP contribution in [0.5, 0.6) is 0 Å². The number of rotatable bonds is 3. The molecule has 7 nitrogen and oxygen atoms in total. The van der Waals surface area contributed by atoms with Crippen molar-refractivity contribution in [2.24, 2.45) is 0 Å². The van der Waals surface area contributed by atoms with Gasteiger partial charge >= 0.3 is 11.9 Å². The number of hydrogen-bond acceptors (Lipinski definition) is 4. The number of aliphatic hydroxyl groups excluding tert-OH is 1. The number of carbonyl (C=O) groups is 3. The Balaban J connectivity index is -0.000000153. The van der Waals surface area contributed by atoms with Crippen molar-refractivity contribution >= 4 is 18.4 Å². The predicted octanol–water partition coefficient (Wildman–Crippen LogP) is 0.0237. The van der Waals surface area contributed by atoms with Gasteiger partial charge in [0.2, 0.25) is 0 Å². The molecular formula is C8H16O7. The highest BCUT2D eigenvalue weighted by Gasteiger charge is 2.01. The molecule has 0 aromatic carbocycles. The molecule has 0 saturated heterocycles. The topological polar surface area (TPSA) is 132 Å². The van der Waals surface area contributed by atoms with Crippen LogP contribution in [0.4, 0.5) is 0 Å².